The van der Waals surface area contributed by atoms with E-state index in [-0.39, 0.29) is 12.0 Å². The summed E-state index contributed by atoms with van der Waals surface area (Å²) in [5.41, 5.74) is 0. The van der Waals surface area contributed by atoms with E-state index in [0.717, 1.165) is 25.9 Å². The predicted molar refractivity (Wildman–Crippen MR) is 64.4 cm³/mol. The first kappa shape index (κ1) is 13.5. The summed E-state index contributed by atoms with van der Waals surface area (Å²) in [5.74, 6) is -0.149. The summed E-state index contributed by atoms with van der Waals surface area (Å²) in [5, 5.41) is 3.24. The van der Waals surface area contributed by atoms with Gasteiger partial charge in [0.25, 0.3) is 0 Å². The van der Waals surface area contributed by atoms with Crippen molar-refractivity contribution in [1.29, 1.82) is 0 Å². The molecule has 0 aromatic rings. The Morgan fingerprint density at radius 2 is 2.12 bits per heavy atom. The van der Waals surface area contributed by atoms with E-state index in [9.17, 15) is 4.79 Å². The third-order valence-corrected chi connectivity index (χ3v) is 3.13. The molecule has 0 spiro atoms. The predicted octanol–water partition coefficient (Wildman–Crippen LogP) is 1.01. The van der Waals surface area contributed by atoms with Crippen LogP contribution >= 0.6 is 0 Å². The van der Waals surface area contributed by atoms with Gasteiger partial charge in [-0.2, -0.15) is 0 Å². The van der Waals surface area contributed by atoms with Gasteiger partial charge in [0.2, 0.25) is 0 Å². The lowest BCUT2D eigenvalue weighted by molar-refractivity contribution is -0.143. The van der Waals surface area contributed by atoms with E-state index in [1.165, 1.54) is 33.0 Å². The van der Waals surface area contributed by atoms with E-state index >= 15 is 0 Å². The summed E-state index contributed by atoms with van der Waals surface area (Å²) in [6.45, 7) is 6.52. The molecule has 0 radical (unpaired) electrons. The maximum absolute atomic E-state index is 11.3. The lowest BCUT2D eigenvalue weighted by Gasteiger charge is -2.17. The van der Waals surface area contributed by atoms with Crippen LogP contribution in [-0.4, -0.2) is 50.2 Å². The van der Waals surface area contributed by atoms with Crippen molar-refractivity contribution >= 4 is 5.97 Å². The quantitative estimate of drug-likeness (QED) is 0.522. The van der Waals surface area contributed by atoms with Crippen LogP contribution in [0.25, 0.3) is 0 Å². The van der Waals surface area contributed by atoms with Gasteiger partial charge in [-0.25, -0.2) is 0 Å². The van der Waals surface area contributed by atoms with E-state index in [4.69, 9.17) is 4.74 Å². The second-order valence-corrected chi connectivity index (χ2v) is 4.34. The summed E-state index contributed by atoms with van der Waals surface area (Å²) in [4.78, 5) is 13.8. The molecule has 0 bridgehead atoms. The van der Waals surface area contributed by atoms with Gasteiger partial charge in [-0.1, -0.05) is 6.92 Å². The molecule has 1 N–H and O–H groups in total. The fourth-order valence-corrected chi connectivity index (χ4v) is 2.12. The van der Waals surface area contributed by atoms with Crippen LogP contribution in [0, 0.1) is 0 Å². The minimum atomic E-state index is -0.149. The maximum atomic E-state index is 11.3. The van der Waals surface area contributed by atoms with Gasteiger partial charge in [0.15, 0.2) is 0 Å². The summed E-state index contributed by atoms with van der Waals surface area (Å²) >= 11 is 0. The summed E-state index contributed by atoms with van der Waals surface area (Å²) in [7, 11) is 1.44. The average Bonchev–Trinajstić information content (AvgIpc) is 2.81. The molecule has 4 heteroatoms. The molecule has 1 unspecified atom stereocenters. The Kier molecular flexibility index (Phi) is 6.42. The molecule has 4 nitrogen and oxygen atoms in total. The number of methoxy groups -OCH3 is 1. The van der Waals surface area contributed by atoms with Gasteiger partial charge in [0.1, 0.15) is 6.04 Å². The smallest absolute Gasteiger partial charge is 0.322 e. The van der Waals surface area contributed by atoms with E-state index in [1.54, 1.807) is 0 Å². The van der Waals surface area contributed by atoms with Gasteiger partial charge in [-0.05, 0) is 51.9 Å². The largest absolute Gasteiger partial charge is 0.468 e. The Hall–Kier alpha value is -0.610. The number of nitrogens with zero attached hydrogens (tertiary/aromatic N) is 1. The first-order valence-corrected chi connectivity index (χ1v) is 6.31. The highest BCUT2D eigenvalue weighted by molar-refractivity contribution is 5.75. The number of hydrogen-bond donors (Lipinski definition) is 1. The monoisotopic (exact) mass is 228 g/mol. The third-order valence-electron chi connectivity index (χ3n) is 3.13. The molecule has 94 valence electrons. The minimum Gasteiger partial charge on any atom is -0.468 e. The Morgan fingerprint density at radius 1 is 1.44 bits per heavy atom. The first-order valence-electron chi connectivity index (χ1n) is 6.31. The van der Waals surface area contributed by atoms with Crippen LogP contribution in [0.4, 0.5) is 0 Å². The molecule has 16 heavy (non-hydrogen) atoms. The molecule has 0 aliphatic carbocycles. The number of carbonyl (C=O) groups is 1. The van der Waals surface area contributed by atoms with Crippen molar-refractivity contribution in [2.24, 2.45) is 0 Å². The lowest BCUT2D eigenvalue weighted by Crippen LogP contribution is -2.38. The molecule has 1 rings (SSSR count). The molecule has 1 atom stereocenters. The lowest BCUT2D eigenvalue weighted by atomic mass is 10.2. The normalized spacial score (nSPS) is 18.6. The van der Waals surface area contributed by atoms with Crippen LogP contribution < -0.4 is 5.32 Å². The highest BCUT2D eigenvalue weighted by atomic mass is 16.5. The van der Waals surface area contributed by atoms with Crippen LogP contribution in [0.15, 0.2) is 0 Å². The maximum Gasteiger partial charge on any atom is 0.322 e. The topological polar surface area (TPSA) is 41.6 Å². The minimum absolute atomic E-state index is 0.136. The fraction of sp³-hybridized carbons (Fsp3) is 0.917. The zero-order chi connectivity index (χ0) is 11.8. The van der Waals surface area contributed by atoms with Crippen molar-refractivity contribution < 1.29 is 9.53 Å². The molecular formula is C12H24N2O2. The van der Waals surface area contributed by atoms with Gasteiger partial charge < -0.3 is 15.0 Å². The average molecular weight is 228 g/mol. The van der Waals surface area contributed by atoms with E-state index in [1.807, 2.05) is 6.92 Å². The number of hydrogen-bond acceptors (Lipinski definition) is 4. The number of nitrogens with one attached hydrogen (secondary N) is 1. The number of carbonyl (C=O) groups excluding carboxylic acids is 1. The van der Waals surface area contributed by atoms with Crippen molar-refractivity contribution in [1.82, 2.24) is 10.2 Å². The second-order valence-electron chi connectivity index (χ2n) is 4.34. The number of rotatable bonds is 7. The van der Waals surface area contributed by atoms with Crippen molar-refractivity contribution in [3.63, 3.8) is 0 Å². The molecule has 1 heterocycles. The van der Waals surface area contributed by atoms with Crippen LogP contribution in [0.1, 0.15) is 32.6 Å². The van der Waals surface area contributed by atoms with E-state index in [2.05, 4.69) is 10.2 Å². The molecule has 1 fully saturated rings. The Balaban J connectivity index is 2.06. The number of esters is 1. The van der Waals surface area contributed by atoms with Gasteiger partial charge >= 0.3 is 5.97 Å². The Bertz CT molecular complexity index is 203. The second kappa shape index (κ2) is 7.63. The zero-order valence-corrected chi connectivity index (χ0v) is 10.5. The molecule has 0 aromatic heterocycles. The molecule has 1 aliphatic heterocycles. The van der Waals surface area contributed by atoms with Crippen LogP contribution in [0.3, 0.4) is 0 Å². The van der Waals surface area contributed by atoms with Gasteiger partial charge in [-0.3, -0.25) is 4.79 Å². The molecule has 0 saturated carbocycles. The zero-order valence-electron chi connectivity index (χ0n) is 10.5. The van der Waals surface area contributed by atoms with Crippen molar-refractivity contribution in [3.05, 3.63) is 0 Å². The number of ether oxygens (including phenoxy) is 1. The van der Waals surface area contributed by atoms with E-state index < -0.39 is 0 Å². The summed E-state index contributed by atoms with van der Waals surface area (Å²) < 4.78 is 4.72. The molecule has 1 saturated heterocycles. The van der Waals surface area contributed by atoms with Gasteiger partial charge in [-0.15, -0.1) is 0 Å². The number of likely N-dealkylation sites (tertiary alicyclic amines) is 1. The van der Waals surface area contributed by atoms with Crippen molar-refractivity contribution in [2.75, 3.05) is 33.3 Å². The third kappa shape index (κ3) is 4.49. The van der Waals surface area contributed by atoms with Gasteiger partial charge in [0, 0.05) is 0 Å². The van der Waals surface area contributed by atoms with E-state index in [0.29, 0.717) is 0 Å². The highest BCUT2D eigenvalue weighted by Crippen LogP contribution is 2.07. The van der Waals surface area contributed by atoms with Crippen LogP contribution in [0.5, 0.6) is 0 Å². The van der Waals surface area contributed by atoms with Crippen LogP contribution in [-0.2, 0) is 9.53 Å². The standard InChI is InChI=1S/C12H24N2O2/c1-3-11(12(15)16-2)13-7-6-10-14-8-4-5-9-14/h11,13H,3-10H2,1-2H3. The summed E-state index contributed by atoms with van der Waals surface area (Å²) in [6.07, 6.45) is 4.57. The fourth-order valence-electron chi connectivity index (χ4n) is 2.12. The Labute approximate surface area is 98.3 Å². The molecular weight excluding hydrogens is 204 g/mol. The highest BCUT2D eigenvalue weighted by Gasteiger charge is 2.16. The molecule has 1 aliphatic rings. The van der Waals surface area contributed by atoms with Crippen molar-refractivity contribution in [3.8, 4) is 0 Å². The van der Waals surface area contributed by atoms with Crippen LogP contribution in [0.2, 0.25) is 0 Å². The van der Waals surface area contributed by atoms with Gasteiger partial charge in [0.05, 0.1) is 7.11 Å². The molecule has 0 amide bonds. The molecule has 0 aromatic carbocycles. The Morgan fingerprint density at radius 3 is 2.69 bits per heavy atom. The van der Waals surface area contributed by atoms with Crippen molar-refractivity contribution in [2.45, 2.75) is 38.6 Å². The SMILES string of the molecule is CCC(NCCCN1CCCC1)C(=O)OC. The summed E-state index contributed by atoms with van der Waals surface area (Å²) in [6, 6.07) is -0.136. The first-order chi connectivity index (χ1) is 7.77.